The predicted molar refractivity (Wildman–Crippen MR) is 123 cm³/mol. The molecule has 0 aliphatic carbocycles. The van der Waals surface area contributed by atoms with Gasteiger partial charge >= 0.3 is 0 Å². The average Bonchev–Trinajstić information content (AvgIpc) is 3.36. The lowest BCUT2D eigenvalue weighted by Crippen LogP contribution is -2.12. The molecule has 31 heavy (non-hydrogen) atoms. The van der Waals surface area contributed by atoms with Gasteiger partial charge in [-0.05, 0) is 43.5 Å². The minimum atomic E-state index is -0.544. The van der Waals surface area contributed by atoms with Crippen LogP contribution < -0.4 is 10.5 Å². The molecule has 0 saturated carbocycles. The Kier molecular flexibility index (Phi) is 6.27. The number of fused-ring (bicyclic) bond motifs is 1. The maximum atomic E-state index is 12.1. The molecule has 1 amide bonds. The van der Waals surface area contributed by atoms with E-state index in [2.05, 4.69) is 4.98 Å². The fraction of sp³-hybridized carbons (Fsp3) is 0.217. The Bertz CT molecular complexity index is 1230. The maximum absolute atomic E-state index is 12.1. The van der Waals surface area contributed by atoms with Crippen molar-refractivity contribution in [1.82, 2.24) is 9.38 Å². The van der Waals surface area contributed by atoms with Crippen LogP contribution in [0.5, 0.6) is 5.75 Å². The quantitative estimate of drug-likeness (QED) is 0.396. The molecule has 4 rings (SSSR count). The number of thiophene rings is 1. The van der Waals surface area contributed by atoms with Crippen LogP contribution in [0.15, 0.2) is 54.9 Å². The van der Waals surface area contributed by atoms with Gasteiger partial charge in [0, 0.05) is 29.5 Å². The van der Waals surface area contributed by atoms with Crippen LogP contribution in [0.3, 0.4) is 0 Å². The highest BCUT2D eigenvalue weighted by Gasteiger charge is 2.21. The Balaban J connectivity index is 1.63. The van der Waals surface area contributed by atoms with E-state index in [0.29, 0.717) is 22.1 Å². The lowest BCUT2D eigenvalue weighted by atomic mass is 10.0. The number of benzene rings is 1. The fourth-order valence-electron chi connectivity index (χ4n) is 3.47. The van der Waals surface area contributed by atoms with Crippen molar-refractivity contribution < 1.29 is 14.6 Å². The summed E-state index contributed by atoms with van der Waals surface area (Å²) in [5.41, 5.74) is 9.17. The largest absolute Gasteiger partial charge is 0.484 e. The molecule has 3 N–H and O–H groups in total. The number of primary amides is 1. The highest BCUT2D eigenvalue weighted by atomic mass is 35.5. The second-order valence-electron chi connectivity index (χ2n) is 7.18. The Morgan fingerprint density at radius 3 is 2.90 bits per heavy atom. The smallest absolute Gasteiger partial charge is 0.262 e. The van der Waals surface area contributed by atoms with E-state index in [1.54, 1.807) is 6.20 Å². The summed E-state index contributed by atoms with van der Waals surface area (Å²) in [5, 5.41) is 9.59. The Morgan fingerprint density at radius 2 is 2.16 bits per heavy atom. The van der Waals surface area contributed by atoms with Crippen LogP contribution >= 0.6 is 22.9 Å². The number of halogens is 1. The van der Waals surface area contributed by atoms with Crippen LogP contribution in [-0.4, -0.2) is 27.0 Å². The van der Waals surface area contributed by atoms with E-state index >= 15 is 0 Å². The molecule has 160 valence electrons. The number of aliphatic hydroxyl groups excluding tert-OH is 1. The number of carbonyl (C=O) groups is 1. The second-order valence-corrected chi connectivity index (χ2v) is 8.64. The Labute approximate surface area is 188 Å². The van der Waals surface area contributed by atoms with Crippen molar-refractivity contribution >= 4 is 34.5 Å². The van der Waals surface area contributed by atoms with Gasteiger partial charge in [-0.25, -0.2) is 4.98 Å². The van der Waals surface area contributed by atoms with E-state index in [9.17, 15) is 4.79 Å². The number of imidazole rings is 1. The molecule has 3 aromatic heterocycles. The van der Waals surface area contributed by atoms with Crippen LogP contribution in [0.25, 0.3) is 16.2 Å². The molecule has 3 heterocycles. The molecule has 4 aromatic rings. The third-order valence-electron chi connectivity index (χ3n) is 5.02. The van der Waals surface area contributed by atoms with Crippen molar-refractivity contribution in [2.75, 3.05) is 6.61 Å². The van der Waals surface area contributed by atoms with Crippen molar-refractivity contribution in [1.29, 1.82) is 0 Å². The number of ether oxygens (including phenoxy) is 1. The zero-order valence-electron chi connectivity index (χ0n) is 16.9. The standard InChI is InChI=1S/C23H22ClN3O3S/c1-14(16-8-7-15(5-4-10-28)11-17(16)24)30-19-12-20(31-22(19)23(25)29)18-13-26-21-6-2-3-9-27(18)21/h2-3,6-9,11-14,28H,4-5,10H2,1H3,(H2,25,29)/t14-/m1/s1. The van der Waals surface area contributed by atoms with Gasteiger partial charge in [-0.2, -0.15) is 0 Å². The van der Waals surface area contributed by atoms with Crippen LogP contribution in [0.2, 0.25) is 5.02 Å². The zero-order valence-corrected chi connectivity index (χ0v) is 18.5. The number of hydrogen-bond donors (Lipinski definition) is 2. The molecule has 0 aliphatic heterocycles. The summed E-state index contributed by atoms with van der Waals surface area (Å²) in [5.74, 6) is -0.121. The molecule has 0 unspecified atom stereocenters. The van der Waals surface area contributed by atoms with Gasteiger partial charge in [0.2, 0.25) is 0 Å². The number of carbonyl (C=O) groups excluding carboxylic acids is 1. The lowest BCUT2D eigenvalue weighted by molar-refractivity contribution is 0.0998. The Morgan fingerprint density at radius 1 is 1.32 bits per heavy atom. The molecule has 0 bridgehead atoms. The number of aliphatic hydroxyl groups is 1. The van der Waals surface area contributed by atoms with Gasteiger partial charge in [-0.3, -0.25) is 9.20 Å². The van der Waals surface area contributed by atoms with E-state index in [-0.39, 0.29) is 12.7 Å². The van der Waals surface area contributed by atoms with Crippen LogP contribution in [0.1, 0.15) is 40.2 Å². The number of nitrogens with zero attached hydrogens (tertiary/aromatic N) is 2. The normalized spacial score (nSPS) is 12.2. The highest BCUT2D eigenvalue weighted by Crippen LogP contribution is 2.39. The van der Waals surface area contributed by atoms with Gasteiger partial charge < -0.3 is 15.6 Å². The van der Waals surface area contributed by atoms with Crippen molar-refractivity contribution in [3.63, 3.8) is 0 Å². The minimum absolute atomic E-state index is 0.141. The van der Waals surface area contributed by atoms with E-state index in [4.69, 9.17) is 27.2 Å². The first-order valence-corrected chi connectivity index (χ1v) is 11.1. The molecule has 0 aliphatic rings. The predicted octanol–water partition coefficient (Wildman–Crippen LogP) is 4.88. The minimum Gasteiger partial charge on any atom is -0.484 e. The molecule has 0 fully saturated rings. The maximum Gasteiger partial charge on any atom is 0.262 e. The van der Waals surface area contributed by atoms with Gasteiger partial charge in [0.1, 0.15) is 22.4 Å². The van der Waals surface area contributed by atoms with E-state index in [1.807, 2.05) is 60.0 Å². The lowest BCUT2D eigenvalue weighted by Gasteiger charge is -2.17. The van der Waals surface area contributed by atoms with Gasteiger partial charge in [-0.1, -0.05) is 29.8 Å². The van der Waals surface area contributed by atoms with Crippen LogP contribution in [-0.2, 0) is 6.42 Å². The number of pyridine rings is 1. The summed E-state index contributed by atoms with van der Waals surface area (Å²) < 4.78 is 8.09. The fourth-order valence-corrected chi connectivity index (χ4v) is 4.77. The van der Waals surface area contributed by atoms with Crippen molar-refractivity contribution in [3.05, 3.63) is 75.9 Å². The number of nitrogens with two attached hydrogens (primary N) is 1. The first-order valence-electron chi connectivity index (χ1n) is 9.90. The zero-order chi connectivity index (χ0) is 22.0. The summed E-state index contributed by atoms with van der Waals surface area (Å²) in [6, 6.07) is 13.4. The van der Waals surface area contributed by atoms with Crippen LogP contribution in [0, 0.1) is 0 Å². The monoisotopic (exact) mass is 455 g/mol. The van der Waals surface area contributed by atoms with E-state index < -0.39 is 5.91 Å². The number of hydrogen-bond acceptors (Lipinski definition) is 5. The second kappa shape index (κ2) is 9.09. The average molecular weight is 456 g/mol. The number of rotatable bonds is 8. The first-order chi connectivity index (χ1) is 15.0. The number of aryl methyl sites for hydroxylation is 1. The summed E-state index contributed by atoms with van der Waals surface area (Å²) in [4.78, 5) is 17.7. The topological polar surface area (TPSA) is 89.9 Å². The van der Waals surface area contributed by atoms with Gasteiger partial charge in [-0.15, -0.1) is 11.3 Å². The molecule has 0 radical (unpaired) electrons. The summed E-state index contributed by atoms with van der Waals surface area (Å²) >= 11 is 7.76. The molecule has 0 saturated heterocycles. The van der Waals surface area contributed by atoms with Gasteiger partial charge in [0.15, 0.2) is 0 Å². The summed E-state index contributed by atoms with van der Waals surface area (Å²) in [6.45, 7) is 2.02. The summed E-state index contributed by atoms with van der Waals surface area (Å²) in [7, 11) is 0. The first kappa shape index (κ1) is 21.4. The highest BCUT2D eigenvalue weighted by molar-refractivity contribution is 7.17. The molecule has 8 heteroatoms. The van der Waals surface area contributed by atoms with Crippen LogP contribution in [0.4, 0.5) is 0 Å². The third kappa shape index (κ3) is 4.44. The molecule has 6 nitrogen and oxygen atoms in total. The number of aromatic nitrogens is 2. The molecule has 1 atom stereocenters. The number of amides is 1. The van der Waals surface area contributed by atoms with Crippen molar-refractivity contribution in [3.8, 4) is 16.3 Å². The Hall–Kier alpha value is -2.87. The van der Waals surface area contributed by atoms with Gasteiger partial charge in [0.05, 0.1) is 16.8 Å². The molecular weight excluding hydrogens is 434 g/mol. The molecular formula is C23H22ClN3O3S. The SMILES string of the molecule is C[C@@H](Oc1cc(-c2cnc3ccccn23)sc1C(N)=O)c1ccc(CCCO)cc1Cl. The van der Waals surface area contributed by atoms with E-state index in [0.717, 1.165) is 33.8 Å². The van der Waals surface area contributed by atoms with Gasteiger partial charge in [0.25, 0.3) is 5.91 Å². The summed E-state index contributed by atoms with van der Waals surface area (Å²) in [6.07, 6.45) is 4.74. The van der Waals surface area contributed by atoms with Crippen molar-refractivity contribution in [2.45, 2.75) is 25.9 Å². The van der Waals surface area contributed by atoms with Crippen molar-refractivity contribution in [2.24, 2.45) is 5.73 Å². The molecule has 1 aromatic carbocycles. The third-order valence-corrected chi connectivity index (χ3v) is 6.50. The molecule has 0 spiro atoms. The van der Waals surface area contributed by atoms with E-state index in [1.165, 1.54) is 11.3 Å².